The summed E-state index contributed by atoms with van der Waals surface area (Å²) in [5.74, 6) is 1.21. The number of H-pyrrole nitrogens is 1. The molecule has 0 fully saturated rings. The van der Waals surface area contributed by atoms with E-state index in [4.69, 9.17) is 4.52 Å². The van der Waals surface area contributed by atoms with Crippen LogP contribution in [0.3, 0.4) is 0 Å². The number of fused-ring (bicyclic) bond motifs is 1. The van der Waals surface area contributed by atoms with Crippen LogP contribution in [0.5, 0.6) is 0 Å². The van der Waals surface area contributed by atoms with Gasteiger partial charge in [0.05, 0.1) is 6.54 Å². The number of benzene rings is 2. The van der Waals surface area contributed by atoms with Gasteiger partial charge in [-0.25, -0.2) is 9.38 Å². The Bertz CT molecular complexity index is 1140. The van der Waals surface area contributed by atoms with Gasteiger partial charge in [-0.15, -0.1) is 24.0 Å². The van der Waals surface area contributed by atoms with E-state index in [0.717, 1.165) is 46.4 Å². The highest BCUT2D eigenvalue weighted by Crippen LogP contribution is 2.20. The van der Waals surface area contributed by atoms with Gasteiger partial charge in [-0.1, -0.05) is 35.5 Å². The normalized spacial score (nSPS) is 11.4. The van der Waals surface area contributed by atoms with Crippen molar-refractivity contribution >= 4 is 40.8 Å². The van der Waals surface area contributed by atoms with Gasteiger partial charge < -0.3 is 20.1 Å². The molecule has 4 rings (SSSR count). The summed E-state index contributed by atoms with van der Waals surface area (Å²) < 4.78 is 18.8. The van der Waals surface area contributed by atoms with Crippen molar-refractivity contribution in [1.29, 1.82) is 0 Å². The van der Waals surface area contributed by atoms with Gasteiger partial charge in [0.1, 0.15) is 11.5 Å². The van der Waals surface area contributed by atoms with E-state index in [1.54, 1.807) is 0 Å². The van der Waals surface area contributed by atoms with Gasteiger partial charge in [0, 0.05) is 41.8 Å². The van der Waals surface area contributed by atoms with Crippen LogP contribution in [0.25, 0.3) is 22.2 Å². The number of rotatable bonds is 7. The molecule has 0 aliphatic rings. The molecule has 0 aliphatic heterocycles. The van der Waals surface area contributed by atoms with Crippen LogP contribution >= 0.6 is 24.0 Å². The largest absolute Gasteiger partial charge is 0.361 e. The number of hydrogen-bond acceptors (Lipinski definition) is 3. The van der Waals surface area contributed by atoms with Crippen LogP contribution < -0.4 is 10.6 Å². The zero-order chi connectivity index (χ0) is 20.8. The average molecular weight is 533 g/mol. The first-order valence-corrected chi connectivity index (χ1v) is 10.0. The number of aromatic amines is 1. The summed E-state index contributed by atoms with van der Waals surface area (Å²) in [6.07, 6.45) is 2.72. The molecule has 0 bridgehead atoms. The lowest BCUT2D eigenvalue weighted by molar-refractivity contribution is 0.424. The second-order valence-corrected chi connectivity index (χ2v) is 6.92. The number of nitrogens with one attached hydrogen (secondary N) is 3. The average Bonchev–Trinajstić information content (AvgIpc) is 3.40. The van der Waals surface area contributed by atoms with E-state index in [-0.39, 0.29) is 29.8 Å². The molecule has 2 aromatic heterocycles. The van der Waals surface area contributed by atoms with Crippen molar-refractivity contribution in [3.63, 3.8) is 0 Å². The van der Waals surface area contributed by atoms with Crippen molar-refractivity contribution < 1.29 is 8.91 Å². The van der Waals surface area contributed by atoms with E-state index < -0.39 is 0 Å². The Morgan fingerprint density at radius 3 is 2.77 bits per heavy atom. The van der Waals surface area contributed by atoms with Crippen LogP contribution in [-0.2, 0) is 13.0 Å². The molecular formula is C23H25FIN5O. The Hall–Kier alpha value is -2.88. The number of nitrogens with zero attached hydrogens (tertiary/aromatic N) is 2. The number of guanidine groups is 1. The fourth-order valence-corrected chi connectivity index (χ4v) is 3.31. The highest BCUT2D eigenvalue weighted by molar-refractivity contribution is 14.0. The smallest absolute Gasteiger partial charge is 0.191 e. The lowest BCUT2D eigenvalue weighted by atomic mass is 10.1. The summed E-state index contributed by atoms with van der Waals surface area (Å²) >= 11 is 0. The Kier molecular flexibility index (Phi) is 8.05. The molecule has 0 unspecified atom stereocenters. The van der Waals surface area contributed by atoms with Crippen molar-refractivity contribution in [2.45, 2.75) is 19.9 Å². The highest BCUT2D eigenvalue weighted by Gasteiger charge is 2.08. The molecule has 0 radical (unpaired) electrons. The lowest BCUT2D eigenvalue weighted by Gasteiger charge is -2.10. The van der Waals surface area contributed by atoms with E-state index in [0.29, 0.717) is 19.0 Å². The number of hydrogen-bond donors (Lipinski definition) is 3. The van der Waals surface area contributed by atoms with Crippen LogP contribution in [0.15, 0.2) is 70.3 Å². The molecule has 8 heteroatoms. The van der Waals surface area contributed by atoms with E-state index in [9.17, 15) is 4.39 Å². The van der Waals surface area contributed by atoms with Crippen molar-refractivity contribution in [2.75, 3.05) is 13.1 Å². The zero-order valence-corrected chi connectivity index (χ0v) is 19.5. The molecule has 0 saturated heterocycles. The molecule has 4 aromatic rings. The maximum absolute atomic E-state index is 13.3. The van der Waals surface area contributed by atoms with Gasteiger partial charge in [0.25, 0.3) is 0 Å². The van der Waals surface area contributed by atoms with Crippen molar-refractivity contribution in [2.24, 2.45) is 4.99 Å². The van der Waals surface area contributed by atoms with Crippen LogP contribution in [0.2, 0.25) is 0 Å². The number of aliphatic imine (C=N–C) groups is 1. The molecule has 2 aromatic carbocycles. The van der Waals surface area contributed by atoms with E-state index in [1.807, 2.05) is 55.6 Å². The summed E-state index contributed by atoms with van der Waals surface area (Å²) in [5.41, 5.74) is 3.71. The van der Waals surface area contributed by atoms with Gasteiger partial charge in [-0.2, -0.15) is 0 Å². The number of aromatic nitrogens is 2. The van der Waals surface area contributed by atoms with Gasteiger partial charge in [0.2, 0.25) is 0 Å². The maximum atomic E-state index is 13.3. The van der Waals surface area contributed by atoms with E-state index in [1.165, 1.54) is 12.1 Å². The molecule has 0 saturated carbocycles. The monoisotopic (exact) mass is 533 g/mol. The van der Waals surface area contributed by atoms with Crippen LogP contribution in [0, 0.1) is 5.82 Å². The van der Waals surface area contributed by atoms with Crippen LogP contribution in [0.4, 0.5) is 4.39 Å². The summed E-state index contributed by atoms with van der Waals surface area (Å²) in [7, 11) is 0. The summed E-state index contributed by atoms with van der Waals surface area (Å²) in [5, 5.41) is 11.7. The molecule has 3 N–H and O–H groups in total. The lowest BCUT2D eigenvalue weighted by Crippen LogP contribution is -2.38. The second kappa shape index (κ2) is 10.9. The first-order chi connectivity index (χ1) is 14.7. The first-order valence-electron chi connectivity index (χ1n) is 10.0. The molecular weight excluding hydrogens is 508 g/mol. The molecule has 6 nitrogen and oxygen atoms in total. The fraction of sp³-hybridized carbons (Fsp3) is 0.217. The van der Waals surface area contributed by atoms with Gasteiger partial charge in [-0.05, 0) is 37.1 Å². The Balaban J connectivity index is 0.00000272. The first kappa shape index (κ1) is 22.8. The van der Waals surface area contributed by atoms with Crippen LogP contribution in [-0.4, -0.2) is 29.2 Å². The molecule has 31 heavy (non-hydrogen) atoms. The van der Waals surface area contributed by atoms with Crippen molar-refractivity contribution in [3.05, 3.63) is 77.9 Å². The predicted octanol–water partition coefficient (Wildman–Crippen LogP) is 4.88. The third-order valence-electron chi connectivity index (χ3n) is 4.78. The molecule has 2 heterocycles. The molecule has 162 valence electrons. The predicted molar refractivity (Wildman–Crippen MR) is 132 cm³/mol. The van der Waals surface area contributed by atoms with Gasteiger partial charge >= 0.3 is 0 Å². The third kappa shape index (κ3) is 5.84. The summed E-state index contributed by atoms with van der Waals surface area (Å²) in [4.78, 5) is 7.72. The minimum atomic E-state index is -0.237. The zero-order valence-electron chi connectivity index (χ0n) is 17.2. The molecule has 0 spiro atoms. The SMILES string of the molecule is CCNC(=NCc1cc(-c2ccccc2)on1)NCCc1c[nH]c2cc(F)ccc12.I. The van der Waals surface area contributed by atoms with Crippen molar-refractivity contribution in [3.8, 4) is 11.3 Å². The molecule has 0 aliphatic carbocycles. The third-order valence-corrected chi connectivity index (χ3v) is 4.78. The highest BCUT2D eigenvalue weighted by atomic mass is 127. The second-order valence-electron chi connectivity index (χ2n) is 6.92. The minimum absolute atomic E-state index is 0. The number of halogens is 2. The van der Waals surface area contributed by atoms with Gasteiger partial charge in [0.15, 0.2) is 11.7 Å². The summed E-state index contributed by atoms with van der Waals surface area (Å²) in [6.45, 7) is 3.89. The van der Waals surface area contributed by atoms with Crippen LogP contribution in [0.1, 0.15) is 18.2 Å². The topological polar surface area (TPSA) is 78.2 Å². The van der Waals surface area contributed by atoms with Gasteiger partial charge in [-0.3, -0.25) is 0 Å². The molecule has 0 amide bonds. The fourth-order valence-electron chi connectivity index (χ4n) is 3.31. The quantitative estimate of drug-likeness (QED) is 0.180. The Morgan fingerprint density at radius 2 is 1.97 bits per heavy atom. The van der Waals surface area contributed by atoms with E-state index >= 15 is 0 Å². The maximum Gasteiger partial charge on any atom is 0.191 e. The Morgan fingerprint density at radius 1 is 1.13 bits per heavy atom. The summed E-state index contributed by atoms with van der Waals surface area (Å²) in [6, 6.07) is 16.6. The van der Waals surface area contributed by atoms with Crippen molar-refractivity contribution in [1.82, 2.24) is 20.8 Å². The standard InChI is InChI=1S/C23H24FN5O.HI/c1-2-25-23(26-11-10-17-14-27-21-12-18(24)8-9-20(17)21)28-15-19-13-22(30-29-19)16-6-4-3-5-7-16;/h3-9,12-14,27H,2,10-11,15H2,1H3,(H2,25,26,28);1H. The Labute approximate surface area is 197 Å². The molecule has 0 atom stereocenters. The van der Waals surface area contributed by atoms with E-state index in [2.05, 4.69) is 25.8 Å². The minimum Gasteiger partial charge on any atom is -0.361 e.